The Labute approximate surface area is 207 Å². The summed E-state index contributed by atoms with van der Waals surface area (Å²) in [7, 11) is -3.06. The molecule has 0 saturated heterocycles. The first-order valence-corrected chi connectivity index (χ1v) is 14.0. The lowest BCUT2D eigenvalue weighted by atomic mass is 9.94. The fourth-order valence-corrected chi connectivity index (χ4v) is 7.59. The number of aliphatic hydroxyl groups is 1. The zero-order chi connectivity index (χ0) is 25.4. The number of ether oxygens (including phenoxy) is 1. The lowest BCUT2D eigenvalue weighted by Crippen LogP contribution is -2.36. The van der Waals surface area contributed by atoms with Crippen molar-refractivity contribution in [3.8, 4) is 5.75 Å². The molecule has 0 saturated carbocycles. The molecular weight excluding hydrogens is 488 g/mol. The third-order valence-corrected chi connectivity index (χ3v) is 9.23. The molecule has 190 valence electrons. The van der Waals surface area contributed by atoms with E-state index in [1.165, 1.54) is 6.07 Å². The van der Waals surface area contributed by atoms with E-state index in [2.05, 4.69) is 31.4 Å². The monoisotopic (exact) mass is 515 g/mol. The van der Waals surface area contributed by atoms with Gasteiger partial charge in [0.25, 0.3) is 0 Å². The van der Waals surface area contributed by atoms with Crippen LogP contribution in [0.15, 0.2) is 35.5 Å². The van der Waals surface area contributed by atoms with Crippen LogP contribution in [0.4, 0.5) is 8.78 Å². The molecule has 2 N–H and O–H groups in total. The number of nitrogens with one attached hydrogen (secondary N) is 1. The number of fused-ring (bicyclic) bond motifs is 9. The predicted molar refractivity (Wildman–Crippen MR) is 130 cm³/mol. The minimum Gasteiger partial charge on any atom is -0.434 e. The Morgan fingerprint density at radius 3 is 2.72 bits per heavy atom. The van der Waals surface area contributed by atoms with E-state index >= 15 is 0 Å². The molecule has 2 bridgehead atoms. The van der Waals surface area contributed by atoms with Crippen LogP contribution in [0.2, 0.25) is 0 Å². The quantitative estimate of drug-likeness (QED) is 0.458. The summed E-state index contributed by atoms with van der Waals surface area (Å²) in [6, 6.07) is 4.20. The van der Waals surface area contributed by atoms with Gasteiger partial charge in [-0.2, -0.15) is 8.78 Å². The number of hydrogen-bond acceptors (Lipinski definition) is 6. The van der Waals surface area contributed by atoms with E-state index < -0.39 is 22.3 Å². The van der Waals surface area contributed by atoms with Crippen molar-refractivity contribution in [2.24, 2.45) is 0 Å². The fraction of sp³-hybridized carbons (Fsp3) is 0.400. The maximum Gasteiger partial charge on any atom is 0.387 e. The number of alkyl halides is 2. The van der Waals surface area contributed by atoms with E-state index in [1.54, 1.807) is 44.6 Å². The van der Waals surface area contributed by atoms with E-state index in [4.69, 9.17) is 9.72 Å². The predicted octanol–water partition coefficient (Wildman–Crippen LogP) is 1.81. The van der Waals surface area contributed by atoms with Gasteiger partial charge >= 0.3 is 6.61 Å². The average Bonchev–Trinajstić information content (AvgIpc) is 3.31. The summed E-state index contributed by atoms with van der Waals surface area (Å²) >= 11 is 0. The maximum atomic E-state index is 13.7. The Bertz CT molecular complexity index is 1530. The molecule has 3 aliphatic rings. The lowest BCUT2D eigenvalue weighted by Gasteiger charge is -2.28. The second-order valence-electron chi connectivity index (χ2n) is 10.1. The summed E-state index contributed by atoms with van der Waals surface area (Å²) in [5, 5.41) is 11.9. The Hall–Kier alpha value is -3.02. The normalized spacial score (nSPS) is 24.6. The number of benzene rings is 1. The SMILES string of the molecule is CC(C)(O)c1ncc(C2C=c3c(nc4n3[C@@H]3C[C@H]4N[SH](C)(=O)c4cccc(OC(F)F)c43)=CC2)cn1. The number of halogens is 2. The van der Waals surface area contributed by atoms with Gasteiger partial charge in [0.1, 0.15) is 17.2 Å². The fourth-order valence-electron chi connectivity index (χ4n) is 5.54. The highest BCUT2D eigenvalue weighted by Gasteiger charge is 2.43. The third kappa shape index (κ3) is 3.68. The van der Waals surface area contributed by atoms with Crippen molar-refractivity contribution in [2.75, 3.05) is 6.26 Å². The van der Waals surface area contributed by atoms with E-state index in [9.17, 15) is 18.1 Å². The first-order valence-electron chi connectivity index (χ1n) is 11.8. The van der Waals surface area contributed by atoms with Crippen LogP contribution in [-0.4, -0.2) is 41.7 Å². The molecule has 1 aliphatic carbocycles. The molecule has 0 radical (unpaired) electrons. The average molecular weight is 516 g/mol. The highest BCUT2D eigenvalue weighted by molar-refractivity contribution is 8.00. The van der Waals surface area contributed by atoms with Crippen LogP contribution in [0, 0.1) is 0 Å². The summed E-state index contributed by atoms with van der Waals surface area (Å²) in [6.07, 6.45) is 10.5. The molecule has 0 fully saturated rings. The van der Waals surface area contributed by atoms with Crippen molar-refractivity contribution in [3.05, 3.63) is 64.1 Å². The largest absolute Gasteiger partial charge is 0.434 e. The summed E-state index contributed by atoms with van der Waals surface area (Å²) < 4.78 is 50.5. The molecule has 3 aromatic rings. The van der Waals surface area contributed by atoms with Crippen LogP contribution < -0.4 is 20.2 Å². The van der Waals surface area contributed by atoms with Gasteiger partial charge in [0.2, 0.25) is 0 Å². The molecule has 11 heteroatoms. The molecule has 1 unspecified atom stereocenters. The molecule has 6 rings (SSSR count). The molecule has 8 nitrogen and oxygen atoms in total. The topological polar surface area (TPSA) is 102 Å². The van der Waals surface area contributed by atoms with Crippen LogP contribution in [0.3, 0.4) is 0 Å². The van der Waals surface area contributed by atoms with Gasteiger partial charge in [-0.15, -0.1) is 0 Å². The first kappa shape index (κ1) is 23.4. The number of thiol groups is 1. The molecule has 1 aromatic carbocycles. The van der Waals surface area contributed by atoms with Crippen molar-refractivity contribution in [1.29, 1.82) is 0 Å². The Morgan fingerprint density at radius 2 is 2.03 bits per heavy atom. The Kier molecular flexibility index (Phi) is 5.19. The van der Waals surface area contributed by atoms with Crippen LogP contribution in [0.1, 0.15) is 67.5 Å². The van der Waals surface area contributed by atoms with Crippen LogP contribution in [0.5, 0.6) is 5.75 Å². The van der Waals surface area contributed by atoms with Crippen molar-refractivity contribution >= 4 is 22.3 Å². The second kappa shape index (κ2) is 7.99. The van der Waals surface area contributed by atoms with Crippen molar-refractivity contribution in [3.63, 3.8) is 0 Å². The maximum absolute atomic E-state index is 13.7. The molecule has 4 heterocycles. The minimum absolute atomic E-state index is 0.0194. The first-order chi connectivity index (χ1) is 17.0. The third-order valence-electron chi connectivity index (χ3n) is 7.11. The van der Waals surface area contributed by atoms with Crippen LogP contribution in [-0.2, 0) is 15.7 Å². The van der Waals surface area contributed by atoms with Gasteiger partial charge in [-0.25, -0.2) is 19.7 Å². The van der Waals surface area contributed by atoms with Gasteiger partial charge in [-0.1, -0.05) is 18.2 Å². The molecule has 0 amide bonds. The van der Waals surface area contributed by atoms with Gasteiger partial charge < -0.3 is 14.4 Å². The van der Waals surface area contributed by atoms with E-state index in [1.807, 2.05) is 0 Å². The highest BCUT2D eigenvalue weighted by Crippen LogP contribution is 2.47. The minimum atomic E-state index is -3.06. The van der Waals surface area contributed by atoms with Crippen molar-refractivity contribution in [1.82, 2.24) is 24.2 Å². The summed E-state index contributed by atoms with van der Waals surface area (Å²) in [5.41, 5.74) is 0.288. The van der Waals surface area contributed by atoms with Gasteiger partial charge in [-0.05, 0) is 54.5 Å². The van der Waals surface area contributed by atoms with Crippen molar-refractivity contribution in [2.45, 2.75) is 61.8 Å². The summed E-state index contributed by atoms with van der Waals surface area (Å²) in [6.45, 7) is 0.282. The number of hydrogen-bond donors (Lipinski definition) is 3. The lowest BCUT2D eigenvalue weighted by molar-refractivity contribution is -0.0508. The summed E-state index contributed by atoms with van der Waals surface area (Å²) in [4.78, 5) is 14.1. The molecule has 3 atom stereocenters. The molecule has 2 aromatic heterocycles. The number of nitrogens with zero attached hydrogens (tertiary/aromatic N) is 4. The Balaban J connectivity index is 1.49. The van der Waals surface area contributed by atoms with E-state index in [0.717, 1.165) is 22.1 Å². The van der Waals surface area contributed by atoms with Crippen molar-refractivity contribution < 1.29 is 22.8 Å². The molecule has 2 aliphatic heterocycles. The van der Waals surface area contributed by atoms with Gasteiger partial charge in [0.05, 0.1) is 22.8 Å². The van der Waals surface area contributed by atoms with Gasteiger partial charge in [0, 0.05) is 35.0 Å². The Morgan fingerprint density at radius 1 is 1.28 bits per heavy atom. The zero-order valence-corrected chi connectivity index (χ0v) is 20.9. The van der Waals surface area contributed by atoms with Crippen LogP contribution >= 0.6 is 0 Å². The number of imidazole rings is 1. The van der Waals surface area contributed by atoms with Gasteiger partial charge in [-0.3, -0.25) is 4.21 Å². The zero-order valence-electron chi connectivity index (χ0n) is 20.0. The standard InChI is InChI=1S/C25H27F2N5O3S/c1-25(2,33)23-28-11-14(12-29-23)13-7-8-15-17(9-13)32-18-10-16(22(32)30-15)31-36(3,34)20-6-4-5-19(21(18)20)35-24(26)27/h4-6,8-9,11-13,16,18,24,33,36H,7,10H2,1-3H3,(H,31,34)/t13?,16-,18-/m1/s1. The van der Waals surface area contributed by atoms with Gasteiger partial charge in [0.15, 0.2) is 5.82 Å². The number of rotatable bonds is 4. The van der Waals surface area contributed by atoms with E-state index in [0.29, 0.717) is 29.1 Å². The summed E-state index contributed by atoms with van der Waals surface area (Å²) in [5.74, 6) is 1.11. The smallest absolute Gasteiger partial charge is 0.387 e. The molecule has 0 spiro atoms. The molecular formula is C25H27F2N5O3S. The molecule has 36 heavy (non-hydrogen) atoms. The highest BCUT2D eigenvalue weighted by atomic mass is 32.3. The second-order valence-corrected chi connectivity index (χ2v) is 12.7. The van der Waals surface area contributed by atoms with Crippen LogP contribution in [0.25, 0.3) is 12.2 Å². The van der Waals surface area contributed by atoms with E-state index in [-0.39, 0.29) is 23.8 Å². The number of aromatic nitrogens is 4.